The number of ether oxygens (including phenoxy) is 1. The lowest BCUT2D eigenvalue weighted by atomic mass is 10.2. The number of amides is 1. The lowest BCUT2D eigenvalue weighted by molar-refractivity contribution is 0.0949. The smallest absolute Gasteiger partial charge is 0.273 e. The number of carbonyl (C=O) groups excluding carboxylic acids is 1. The zero-order valence-electron chi connectivity index (χ0n) is 17.1. The minimum absolute atomic E-state index is 0.233. The summed E-state index contributed by atoms with van der Waals surface area (Å²) in [6.45, 7) is 1.81. The van der Waals surface area contributed by atoms with Crippen LogP contribution in [0.15, 0.2) is 59.3 Å². The first-order chi connectivity index (χ1) is 14.7. The van der Waals surface area contributed by atoms with Crippen molar-refractivity contribution in [3.63, 3.8) is 0 Å². The second-order valence-corrected chi connectivity index (χ2v) is 7.40. The monoisotopic (exact) mass is 406 g/mol. The number of benzene rings is 1. The van der Waals surface area contributed by atoms with Crippen molar-refractivity contribution in [2.75, 3.05) is 13.7 Å². The molecule has 1 aliphatic carbocycles. The van der Waals surface area contributed by atoms with E-state index in [9.17, 15) is 4.79 Å². The molecule has 0 saturated heterocycles. The Hall–Kier alpha value is -3.19. The lowest BCUT2D eigenvalue weighted by Gasteiger charge is -2.21. The number of hydrogen-bond acceptors (Lipinski definition) is 6. The molecule has 0 bridgehead atoms. The molecule has 1 aromatic carbocycles. The summed E-state index contributed by atoms with van der Waals surface area (Å²) in [5.41, 5.74) is 2.38. The number of carbonyl (C=O) groups is 1. The number of para-hydroxylation sites is 1. The molecule has 0 aliphatic heterocycles. The van der Waals surface area contributed by atoms with Crippen molar-refractivity contribution in [3.05, 3.63) is 77.8 Å². The third kappa shape index (κ3) is 5.24. The topological polar surface area (TPSA) is 80.5 Å². The molecule has 1 fully saturated rings. The van der Waals surface area contributed by atoms with Crippen molar-refractivity contribution in [1.29, 1.82) is 0 Å². The van der Waals surface area contributed by atoms with Crippen molar-refractivity contribution in [2.24, 2.45) is 0 Å². The minimum Gasteiger partial charge on any atom is -0.496 e. The first-order valence-corrected chi connectivity index (χ1v) is 10.2. The molecule has 0 spiro atoms. The molecule has 2 heterocycles. The number of aromatic nitrogens is 2. The molecule has 156 valence electrons. The molecule has 0 atom stereocenters. The maximum absolute atomic E-state index is 12.4. The van der Waals surface area contributed by atoms with Gasteiger partial charge in [-0.05, 0) is 31.0 Å². The highest BCUT2D eigenvalue weighted by Crippen LogP contribution is 2.31. The summed E-state index contributed by atoms with van der Waals surface area (Å²) in [7, 11) is 1.69. The molecule has 7 heteroatoms. The van der Waals surface area contributed by atoms with Crippen molar-refractivity contribution < 1.29 is 13.9 Å². The van der Waals surface area contributed by atoms with E-state index in [0.717, 1.165) is 36.4 Å². The van der Waals surface area contributed by atoms with E-state index in [2.05, 4.69) is 26.3 Å². The fourth-order valence-electron chi connectivity index (χ4n) is 3.41. The van der Waals surface area contributed by atoms with E-state index in [1.165, 1.54) is 6.26 Å². The summed E-state index contributed by atoms with van der Waals surface area (Å²) in [4.78, 5) is 23.4. The lowest BCUT2D eigenvalue weighted by Crippen LogP contribution is -2.27. The normalized spacial score (nSPS) is 13.4. The van der Waals surface area contributed by atoms with Gasteiger partial charge in [-0.2, -0.15) is 0 Å². The van der Waals surface area contributed by atoms with Crippen LogP contribution in [0.5, 0.6) is 5.75 Å². The number of rotatable bonds is 10. The van der Waals surface area contributed by atoms with Gasteiger partial charge >= 0.3 is 0 Å². The zero-order valence-corrected chi connectivity index (χ0v) is 17.1. The molecule has 7 nitrogen and oxygen atoms in total. The number of oxazole rings is 1. The molecule has 2 aromatic heterocycles. The van der Waals surface area contributed by atoms with Crippen LogP contribution in [0.1, 0.15) is 40.5 Å². The highest BCUT2D eigenvalue weighted by Gasteiger charge is 2.30. The van der Waals surface area contributed by atoms with Gasteiger partial charge in [-0.25, -0.2) is 4.98 Å². The Morgan fingerprint density at radius 1 is 1.20 bits per heavy atom. The molecule has 1 saturated carbocycles. The Balaban J connectivity index is 1.33. The average molecular weight is 406 g/mol. The molecule has 4 rings (SSSR count). The standard InChI is InChI=1S/C23H26N4O3/c1-29-21-8-3-2-6-17(21)14-27(19-9-10-19)15-22-26-20(16-30-22)23(28)25-13-11-18-7-4-5-12-24-18/h2-8,12,16,19H,9-11,13-15H2,1H3,(H,25,28). The second kappa shape index (κ2) is 9.54. The predicted molar refractivity (Wildman–Crippen MR) is 112 cm³/mol. The SMILES string of the molecule is COc1ccccc1CN(Cc1nc(C(=O)NCCc2ccccn2)co1)C1CC1. The second-order valence-electron chi connectivity index (χ2n) is 7.40. The minimum atomic E-state index is -0.233. The van der Waals surface area contributed by atoms with Crippen LogP contribution in [-0.2, 0) is 19.5 Å². The van der Waals surface area contributed by atoms with Crippen molar-refractivity contribution >= 4 is 5.91 Å². The summed E-state index contributed by atoms with van der Waals surface area (Å²) in [6.07, 6.45) is 6.18. The maximum atomic E-state index is 12.4. The average Bonchev–Trinajstić information content (AvgIpc) is 3.52. The number of nitrogens with one attached hydrogen (secondary N) is 1. The molecular weight excluding hydrogens is 380 g/mol. The van der Waals surface area contributed by atoms with Gasteiger partial charge in [0.05, 0.1) is 13.7 Å². The van der Waals surface area contributed by atoms with E-state index in [1.807, 2.05) is 36.4 Å². The third-order valence-electron chi connectivity index (χ3n) is 5.14. The van der Waals surface area contributed by atoms with Gasteiger partial charge in [0, 0.05) is 43.0 Å². The highest BCUT2D eigenvalue weighted by atomic mass is 16.5. The number of nitrogens with zero attached hydrogens (tertiary/aromatic N) is 3. The molecule has 0 unspecified atom stereocenters. The van der Waals surface area contributed by atoms with Crippen molar-refractivity contribution in [3.8, 4) is 5.75 Å². The molecule has 30 heavy (non-hydrogen) atoms. The van der Waals surface area contributed by atoms with Crippen LogP contribution in [0.25, 0.3) is 0 Å². The Bertz CT molecular complexity index is 969. The molecule has 0 radical (unpaired) electrons. The number of methoxy groups -OCH3 is 1. The predicted octanol–water partition coefficient (Wildman–Crippen LogP) is 3.22. The van der Waals surface area contributed by atoms with Crippen LogP contribution >= 0.6 is 0 Å². The quantitative estimate of drug-likeness (QED) is 0.557. The fourth-order valence-corrected chi connectivity index (χ4v) is 3.41. The van der Waals surface area contributed by atoms with Crippen LogP contribution in [0.2, 0.25) is 0 Å². The Morgan fingerprint density at radius 2 is 2.03 bits per heavy atom. The third-order valence-corrected chi connectivity index (χ3v) is 5.14. The Morgan fingerprint density at radius 3 is 2.80 bits per heavy atom. The fraction of sp³-hybridized carbons (Fsp3) is 0.348. The van der Waals surface area contributed by atoms with Gasteiger partial charge in [0.25, 0.3) is 5.91 Å². The summed E-state index contributed by atoms with van der Waals surface area (Å²) in [5, 5.41) is 2.87. The van der Waals surface area contributed by atoms with E-state index in [4.69, 9.17) is 9.15 Å². The molecule has 1 N–H and O–H groups in total. The summed E-state index contributed by atoms with van der Waals surface area (Å²) < 4.78 is 11.1. The van der Waals surface area contributed by atoms with Gasteiger partial charge in [0.1, 0.15) is 12.0 Å². The van der Waals surface area contributed by atoms with Crippen LogP contribution < -0.4 is 10.1 Å². The van der Waals surface area contributed by atoms with Gasteiger partial charge < -0.3 is 14.5 Å². The van der Waals surface area contributed by atoms with Gasteiger partial charge in [0.2, 0.25) is 5.89 Å². The van der Waals surface area contributed by atoms with E-state index in [1.54, 1.807) is 13.3 Å². The van der Waals surface area contributed by atoms with Gasteiger partial charge in [0.15, 0.2) is 5.69 Å². The van der Waals surface area contributed by atoms with E-state index in [0.29, 0.717) is 37.1 Å². The van der Waals surface area contributed by atoms with Gasteiger partial charge in [-0.15, -0.1) is 0 Å². The molecule has 1 aliphatic rings. The summed E-state index contributed by atoms with van der Waals surface area (Å²) in [5.74, 6) is 1.19. The first kappa shape index (κ1) is 20.1. The molecule has 3 aromatic rings. The highest BCUT2D eigenvalue weighted by molar-refractivity contribution is 5.91. The maximum Gasteiger partial charge on any atom is 0.273 e. The van der Waals surface area contributed by atoms with Crippen LogP contribution in [0, 0.1) is 0 Å². The molecular formula is C23H26N4O3. The Kier molecular flexibility index (Phi) is 6.39. The van der Waals surface area contributed by atoms with Crippen molar-refractivity contribution in [2.45, 2.75) is 38.4 Å². The Labute approximate surface area is 176 Å². The van der Waals surface area contributed by atoms with Crippen LogP contribution in [0.3, 0.4) is 0 Å². The zero-order chi connectivity index (χ0) is 20.8. The first-order valence-electron chi connectivity index (χ1n) is 10.2. The largest absolute Gasteiger partial charge is 0.496 e. The summed E-state index contributed by atoms with van der Waals surface area (Å²) >= 11 is 0. The van der Waals surface area contributed by atoms with Crippen LogP contribution in [-0.4, -0.2) is 40.5 Å². The molecule has 1 amide bonds. The van der Waals surface area contributed by atoms with E-state index in [-0.39, 0.29) is 5.91 Å². The van der Waals surface area contributed by atoms with Gasteiger partial charge in [-0.3, -0.25) is 14.7 Å². The van der Waals surface area contributed by atoms with Gasteiger partial charge in [-0.1, -0.05) is 24.3 Å². The number of hydrogen-bond donors (Lipinski definition) is 1. The van der Waals surface area contributed by atoms with E-state index < -0.39 is 0 Å². The van der Waals surface area contributed by atoms with E-state index >= 15 is 0 Å². The summed E-state index contributed by atoms with van der Waals surface area (Å²) in [6, 6.07) is 14.3. The van der Waals surface area contributed by atoms with Crippen LogP contribution in [0.4, 0.5) is 0 Å². The number of pyridine rings is 1. The van der Waals surface area contributed by atoms with Crippen molar-refractivity contribution in [1.82, 2.24) is 20.2 Å².